The van der Waals surface area contributed by atoms with Crippen LogP contribution in [0.3, 0.4) is 0 Å². The van der Waals surface area contributed by atoms with Gasteiger partial charge in [0, 0.05) is 39.8 Å². The van der Waals surface area contributed by atoms with Gasteiger partial charge in [-0.3, -0.25) is 9.59 Å². The quantitative estimate of drug-likeness (QED) is 0.616. The van der Waals surface area contributed by atoms with Crippen LogP contribution in [0.5, 0.6) is 0 Å². The second kappa shape index (κ2) is 5.11. The molecule has 1 aliphatic heterocycles. The Morgan fingerprint density at radius 1 is 1.47 bits per heavy atom. The lowest BCUT2D eigenvalue weighted by Crippen LogP contribution is -2.52. The van der Waals surface area contributed by atoms with Crippen LogP contribution in [0.2, 0.25) is 0 Å². The van der Waals surface area contributed by atoms with Crippen molar-refractivity contribution in [1.82, 2.24) is 15.1 Å². The maximum Gasteiger partial charge on any atom is 0.232 e. The molecule has 1 rings (SSSR count). The minimum atomic E-state index is -0.133. The Morgan fingerprint density at radius 3 is 2.67 bits per heavy atom. The molecule has 5 heteroatoms. The van der Waals surface area contributed by atoms with Crippen LogP contribution in [-0.4, -0.2) is 61.4 Å². The van der Waals surface area contributed by atoms with Crippen LogP contribution in [0, 0.1) is 0 Å². The third-order valence-electron chi connectivity index (χ3n) is 2.52. The molecule has 0 aromatic rings. The van der Waals surface area contributed by atoms with Gasteiger partial charge < -0.3 is 15.1 Å². The molecule has 0 aromatic heterocycles. The van der Waals surface area contributed by atoms with Crippen LogP contribution in [0.4, 0.5) is 0 Å². The number of rotatable bonds is 2. The molecule has 1 saturated heterocycles. The van der Waals surface area contributed by atoms with Crippen LogP contribution < -0.4 is 5.32 Å². The van der Waals surface area contributed by atoms with Crippen LogP contribution in [0.1, 0.15) is 13.3 Å². The molecule has 0 aromatic carbocycles. The first-order chi connectivity index (χ1) is 7.00. The highest BCUT2D eigenvalue weighted by molar-refractivity contribution is 5.96. The van der Waals surface area contributed by atoms with E-state index in [4.69, 9.17) is 0 Å². The number of hydrogen-bond acceptors (Lipinski definition) is 3. The Balaban J connectivity index is 2.42. The van der Waals surface area contributed by atoms with E-state index in [0.717, 1.165) is 6.54 Å². The van der Waals surface area contributed by atoms with Crippen LogP contribution in [-0.2, 0) is 9.59 Å². The van der Waals surface area contributed by atoms with Crippen molar-refractivity contribution in [3.8, 4) is 0 Å². The molecule has 86 valence electrons. The zero-order chi connectivity index (χ0) is 11.4. The van der Waals surface area contributed by atoms with Gasteiger partial charge in [-0.05, 0) is 6.92 Å². The van der Waals surface area contributed by atoms with Gasteiger partial charge in [-0.15, -0.1) is 0 Å². The summed E-state index contributed by atoms with van der Waals surface area (Å²) < 4.78 is 0. The van der Waals surface area contributed by atoms with Crippen molar-refractivity contribution in [2.75, 3.05) is 33.7 Å². The van der Waals surface area contributed by atoms with E-state index in [1.165, 1.54) is 4.90 Å². The van der Waals surface area contributed by atoms with E-state index in [1.807, 2.05) is 6.92 Å². The number of piperazine rings is 1. The molecular formula is C10H19N3O2. The van der Waals surface area contributed by atoms with Crippen LogP contribution in [0.25, 0.3) is 0 Å². The topological polar surface area (TPSA) is 52.7 Å². The Morgan fingerprint density at radius 2 is 2.13 bits per heavy atom. The van der Waals surface area contributed by atoms with Crippen molar-refractivity contribution >= 4 is 11.8 Å². The predicted molar refractivity (Wildman–Crippen MR) is 57.4 cm³/mol. The highest BCUT2D eigenvalue weighted by Gasteiger charge is 2.22. The number of carbonyl (C=O) groups is 2. The first-order valence-corrected chi connectivity index (χ1v) is 5.22. The van der Waals surface area contributed by atoms with Crippen molar-refractivity contribution in [2.24, 2.45) is 0 Å². The van der Waals surface area contributed by atoms with E-state index < -0.39 is 0 Å². The summed E-state index contributed by atoms with van der Waals surface area (Å²) in [6.45, 7) is 4.24. The van der Waals surface area contributed by atoms with Crippen molar-refractivity contribution in [1.29, 1.82) is 0 Å². The highest BCUT2D eigenvalue weighted by atomic mass is 16.2. The molecule has 0 aliphatic carbocycles. The first-order valence-electron chi connectivity index (χ1n) is 5.22. The fourth-order valence-electron chi connectivity index (χ4n) is 1.56. The van der Waals surface area contributed by atoms with E-state index in [0.29, 0.717) is 19.1 Å². The van der Waals surface area contributed by atoms with E-state index in [1.54, 1.807) is 19.0 Å². The number of amides is 2. The molecule has 1 unspecified atom stereocenters. The molecule has 1 heterocycles. The Labute approximate surface area is 90.4 Å². The fourth-order valence-corrected chi connectivity index (χ4v) is 1.56. The maximum absolute atomic E-state index is 11.7. The molecule has 5 nitrogen and oxygen atoms in total. The van der Waals surface area contributed by atoms with Gasteiger partial charge in [0.25, 0.3) is 0 Å². The Hall–Kier alpha value is -1.10. The molecule has 1 fully saturated rings. The van der Waals surface area contributed by atoms with E-state index in [9.17, 15) is 9.59 Å². The average Bonchev–Trinajstić information content (AvgIpc) is 2.17. The summed E-state index contributed by atoms with van der Waals surface area (Å²) in [6, 6.07) is 0.317. The molecule has 1 aliphatic rings. The molecule has 0 bridgehead atoms. The van der Waals surface area contributed by atoms with E-state index in [2.05, 4.69) is 5.32 Å². The largest absolute Gasteiger partial charge is 0.348 e. The zero-order valence-electron chi connectivity index (χ0n) is 9.62. The Bertz CT molecular complexity index is 253. The molecule has 0 radical (unpaired) electrons. The monoisotopic (exact) mass is 213 g/mol. The van der Waals surface area contributed by atoms with Gasteiger partial charge in [0.1, 0.15) is 6.42 Å². The lowest BCUT2D eigenvalue weighted by Gasteiger charge is -2.32. The number of carbonyl (C=O) groups excluding carboxylic acids is 2. The minimum Gasteiger partial charge on any atom is -0.348 e. The lowest BCUT2D eigenvalue weighted by atomic mass is 10.2. The molecule has 1 atom stereocenters. The van der Waals surface area contributed by atoms with Crippen molar-refractivity contribution < 1.29 is 9.59 Å². The van der Waals surface area contributed by atoms with Crippen molar-refractivity contribution in [3.05, 3.63) is 0 Å². The van der Waals surface area contributed by atoms with Gasteiger partial charge >= 0.3 is 0 Å². The highest BCUT2D eigenvalue weighted by Crippen LogP contribution is 2.02. The molecule has 0 spiro atoms. The minimum absolute atomic E-state index is 0.0142. The SMILES string of the molecule is CC1CN(C(=O)CC(=O)N(C)C)CCN1. The summed E-state index contributed by atoms with van der Waals surface area (Å²) in [7, 11) is 3.33. The van der Waals surface area contributed by atoms with E-state index >= 15 is 0 Å². The molecule has 0 saturated carbocycles. The standard InChI is InChI=1S/C10H19N3O2/c1-8-7-13(5-4-11-8)10(15)6-9(14)12(2)3/h8,11H,4-7H2,1-3H3. The third kappa shape index (κ3) is 3.51. The number of hydrogen-bond donors (Lipinski definition) is 1. The normalized spacial score (nSPS) is 21.3. The van der Waals surface area contributed by atoms with Gasteiger partial charge in [-0.1, -0.05) is 0 Å². The van der Waals surface area contributed by atoms with Crippen LogP contribution in [0.15, 0.2) is 0 Å². The summed E-state index contributed by atoms with van der Waals surface area (Å²) in [5.41, 5.74) is 0. The summed E-state index contributed by atoms with van der Waals surface area (Å²) in [6.07, 6.45) is -0.0142. The maximum atomic E-state index is 11.7. The van der Waals surface area contributed by atoms with E-state index in [-0.39, 0.29) is 18.2 Å². The van der Waals surface area contributed by atoms with Gasteiger partial charge in [-0.2, -0.15) is 0 Å². The molecule has 15 heavy (non-hydrogen) atoms. The van der Waals surface area contributed by atoms with Crippen molar-refractivity contribution in [3.63, 3.8) is 0 Å². The second-order valence-corrected chi connectivity index (χ2v) is 4.16. The zero-order valence-corrected chi connectivity index (χ0v) is 9.62. The van der Waals surface area contributed by atoms with Gasteiger partial charge in [0.05, 0.1) is 0 Å². The lowest BCUT2D eigenvalue weighted by molar-refractivity contribution is -0.140. The number of nitrogens with one attached hydrogen (secondary N) is 1. The van der Waals surface area contributed by atoms with Gasteiger partial charge in [0.2, 0.25) is 11.8 Å². The van der Waals surface area contributed by atoms with Gasteiger partial charge in [0.15, 0.2) is 0 Å². The smallest absolute Gasteiger partial charge is 0.232 e. The molecular weight excluding hydrogens is 194 g/mol. The second-order valence-electron chi connectivity index (χ2n) is 4.16. The summed E-state index contributed by atoms with van der Waals surface area (Å²) in [5.74, 6) is -0.201. The first kappa shape index (κ1) is 12.0. The fraction of sp³-hybridized carbons (Fsp3) is 0.800. The summed E-state index contributed by atoms with van der Waals surface area (Å²) in [5, 5.41) is 3.25. The Kier molecular flexibility index (Phi) is 4.08. The third-order valence-corrected chi connectivity index (χ3v) is 2.52. The molecule has 1 N–H and O–H groups in total. The van der Waals surface area contributed by atoms with Crippen molar-refractivity contribution in [2.45, 2.75) is 19.4 Å². The summed E-state index contributed by atoms with van der Waals surface area (Å²) >= 11 is 0. The summed E-state index contributed by atoms with van der Waals surface area (Å²) in [4.78, 5) is 26.2. The molecule has 2 amide bonds. The van der Waals surface area contributed by atoms with Crippen LogP contribution >= 0.6 is 0 Å². The van der Waals surface area contributed by atoms with Gasteiger partial charge in [-0.25, -0.2) is 0 Å². The average molecular weight is 213 g/mol. The predicted octanol–water partition coefficient (Wildman–Crippen LogP) is -0.715. The number of nitrogens with zero attached hydrogens (tertiary/aromatic N) is 2.